The fourth-order valence-corrected chi connectivity index (χ4v) is 4.29. The third-order valence-electron chi connectivity index (χ3n) is 5.60. The fraction of sp³-hybridized carbons (Fsp3) is 0.381. The van der Waals surface area contributed by atoms with Crippen molar-refractivity contribution >= 4 is 17.5 Å². The highest BCUT2D eigenvalue weighted by Gasteiger charge is 2.48. The van der Waals surface area contributed by atoms with Crippen molar-refractivity contribution in [2.75, 3.05) is 26.2 Å². The first-order chi connectivity index (χ1) is 12.7. The normalized spacial score (nSPS) is 19.1. The Morgan fingerprint density at radius 2 is 1.65 bits per heavy atom. The SMILES string of the molecule is O=C(NCc1ccc(Cl)cc1)C1(N2CCNCC2)Cc2ccccc2C1. The molecule has 1 heterocycles. The zero-order valence-corrected chi connectivity index (χ0v) is 15.6. The summed E-state index contributed by atoms with van der Waals surface area (Å²) in [4.78, 5) is 15.8. The average molecular weight is 370 g/mol. The van der Waals surface area contributed by atoms with Crippen LogP contribution in [0.5, 0.6) is 0 Å². The van der Waals surface area contributed by atoms with Crippen LogP contribution in [0.4, 0.5) is 0 Å². The van der Waals surface area contributed by atoms with Crippen molar-refractivity contribution in [2.45, 2.75) is 24.9 Å². The lowest BCUT2D eigenvalue weighted by molar-refractivity contribution is -0.134. The molecule has 5 heteroatoms. The fourth-order valence-electron chi connectivity index (χ4n) is 4.16. The molecule has 136 valence electrons. The second-order valence-corrected chi connectivity index (χ2v) is 7.64. The van der Waals surface area contributed by atoms with E-state index in [9.17, 15) is 4.79 Å². The summed E-state index contributed by atoms with van der Waals surface area (Å²) in [5.74, 6) is 0.130. The number of carbonyl (C=O) groups excluding carboxylic acids is 1. The lowest BCUT2D eigenvalue weighted by Gasteiger charge is -2.42. The first kappa shape index (κ1) is 17.5. The highest BCUT2D eigenvalue weighted by Crippen LogP contribution is 2.35. The standard InChI is InChI=1S/C21H24ClN3O/c22-19-7-5-16(6-8-19)15-24-20(26)21(25-11-9-23-10-12-25)13-17-3-1-2-4-18(17)14-21/h1-8,23H,9-15H2,(H,24,26). The van der Waals surface area contributed by atoms with Crippen LogP contribution >= 0.6 is 11.6 Å². The van der Waals surface area contributed by atoms with Gasteiger partial charge in [-0.2, -0.15) is 0 Å². The highest BCUT2D eigenvalue weighted by molar-refractivity contribution is 6.30. The predicted molar refractivity (Wildman–Crippen MR) is 104 cm³/mol. The van der Waals surface area contributed by atoms with Crippen molar-refractivity contribution in [1.29, 1.82) is 0 Å². The lowest BCUT2D eigenvalue weighted by atomic mass is 9.91. The highest BCUT2D eigenvalue weighted by atomic mass is 35.5. The number of amides is 1. The van der Waals surface area contributed by atoms with Gasteiger partial charge in [-0.15, -0.1) is 0 Å². The molecule has 0 aromatic heterocycles. The number of nitrogens with zero attached hydrogens (tertiary/aromatic N) is 1. The van der Waals surface area contributed by atoms with Gasteiger partial charge in [-0.3, -0.25) is 9.69 Å². The maximum Gasteiger partial charge on any atom is 0.241 e. The molecule has 0 atom stereocenters. The van der Waals surface area contributed by atoms with Gasteiger partial charge >= 0.3 is 0 Å². The van der Waals surface area contributed by atoms with E-state index in [1.165, 1.54) is 11.1 Å². The number of halogens is 1. The molecule has 2 aromatic rings. The maximum absolute atomic E-state index is 13.4. The number of carbonyl (C=O) groups is 1. The monoisotopic (exact) mass is 369 g/mol. The summed E-state index contributed by atoms with van der Waals surface area (Å²) in [6.45, 7) is 4.20. The third-order valence-corrected chi connectivity index (χ3v) is 5.85. The summed E-state index contributed by atoms with van der Waals surface area (Å²) < 4.78 is 0. The molecule has 1 fully saturated rings. The zero-order chi connectivity index (χ0) is 18.0. The van der Waals surface area contributed by atoms with Gasteiger partial charge in [0.1, 0.15) is 5.54 Å². The molecular weight excluding hydrogens is 346 g/mol. The van der Waals surface area contributed by atoms with Crippen LogP contribution < -0.4 is 10.6 Å². The first-order valence-corrected chi connectivity index (χ1v) is 9.60. The Labute approximate surface area is 159 Å². The van der Waals surface area contributed by atoms with Gasteiger partial charge in [0.05, 0.1) is 0 Å². The molecule has 2 aliphatic rings. The number of rotatable bonds is 4. The topological polar surface area (TPSA) is 44.4 Å². The smallest absolute Gasteiger partial charge is 0.241 e. The third kappa shape index (κ3) is 3.37. The largest absolute Gasteiger partial charge is 0.350 e. The summed E-state index contributed by atoms with van der Waals surface area (Å²) in [5, 5.41) is 7.29. The molecule has 1 amide bonds. The van der Waals surface area contributed by atoms with Crippen LogP contribution in [0.1, 0.15) is 16.7 Å². The van der Waals surface area contributed by atoms with Crippen LogP contribution in [-0.2, 0) is 24.2 Å². The molecule has 4 nitrogen and oxygen atoms in total. The van der Waals surface area contributed by atoms with Crippen molar-refractivity contribution < 1.29 is 4.79 Å². The van der Waals surface area contributed by atoms with Gasteiger partial charge < -0.3 is 10.6 Å². The molecule has 2 N–H and O–H groups in total. The van der Waals surface area contributed by atoms with Gasteiger partial charge in [0, 0.05) is 50.6 Å². The van der Waals surface area contributed by atoms with E-state index in [4.69, 9.17) is 11.6 Å². The van der Waals surface area contributed by atoms with Crippen molar-refractivity contribution in [3.8, 4) is 0 Å². The Hall–Kier alpha value is -1.88. The molecule has 1 saturated heterocycles. The van der Waals surface area contributed by atoms with E-state index in [-0.39, 0.29) is 5.91 Å². The van der Waals surface area contributed by atoms with E-state index in [1.807, 2.05) is 24.3 Å². The van der Waals surface area contributed by atoms with Gasteiger partial charge in [0.25, 0.3) is 0 Å². The van der Waals surface area contributed by atoms with Crippen LogP contribution in [0.25, 0.3) is 0 Å². The van der Waals surface area contributed by atoms with Gasteiger partial charge in [0.15, 0.2) is 0 Å². The minimum absolute atomic E-state index is 0.130. The van der Waals surface area contributed by atoms with E-state index in [0.717, 1.165) is 44.6 Å². The Morgan fingerprint density at radius 1 is 1.04 bits per heavy atom. The molecule has 26 heavy (non-hydrogen) atoms. The summed E-state index contributed by atoms with van der Waals surface area (Å²) in [7, 11) is 0. The first-order valence-electron chi connectivity index (χ1n) is 9.23. The van der Waals surface area contributed by atoms with Crippen LogP contribution in [-0.4, -0.2) is 42.5 Å². The van der Waals surface area contributed by atoms with Gasteiger partial charge in [-0.1, -0.05) is 48.0 Å². The Morgan fingerprint density at radius 3 is 2.27 bits per heavy atom. The van der Waals surface area contributed by atoms with Crippen LogP contribution in [0, 0.1) is 0 Å². The molecule has 2 aromatic carbocycles. The maximum atomic E-state index is 13.4. The van der Waals surface area contributed by atoms with E-state index in [2.05, 4.69) is 39.8 Å². The summed E-state index contributed by atoms with van der Waals surface area (Å²) in [6.07, 6.45) is 1.57. The number of hydrogen-bond donors (Lipinski definition) is 2. The van der Waals surface area contributed by atoms with Crippen molar-refractivity contribution in [1.82, 2.24) is 15.5 Å². The molecule has 0 spiro atoms. The number of piperazine rings is 1. The molecular formula is C21H24ClN3O. The number of fused-ring (bicyclic) bond motifs is 1. The van der Waals surface area contributed by atoms with Crippen molar-refractivity contribution in [3.63, 3.8) is 0 Å². The van der Waals surface area contributed by atoms with Gasteiger partial charge in [-0.25, -0.2) is 0 Å². The van der Waals surface area contributed by atoms with Crippen LogP contribution in [0.2, 0.25) is 5.02 Å². The summed E-state index contributed by atoms with van der Waals surface area (Å²) in [6, 6.07) is 16.1. The molecule has 0 bridgehead atoms. The molecule has 1 aliphatic heterocycles. The molecule has 4 rings (SSSR count). The predicted octanol–water partition coefficient (Wildman–Crippen LogP) is 2.40. The van der Waals surface area contributed by atoms with E-state index < -0.39 is 5.54 Å². The molecule has 0 radical (unpaired) electrons. The van der Waals surface area contributed by atoms with Gasteiger partial charge in [0.2, 0.25) is 5.91 Å². The minimum atomic E-state index is -0.474. The minimum Gasteiger partial charge on any atom is -0.350 e. The number of benzene rings is 2. The van der Waals surface area contributed by atoms with Gasteiger partial charge in [-0.05, 0) is 28.8 Å². The Balaban J connectivity index is 1.55. The number of nitrogens with one attached hydrogen (secondary N) is 2. The summed E-state index contributed by atoms with van der Waals surface area (Å²) in [5.41, 5.74) is 3.19. The van der Waals surface area contributed by atoms with Crippen LogP contribution in [0.3, 0.4) is 0 Å². The summed E-state index contributed by atoms with van der Waals surface area (Å²) >= 11 is 5.95. The second-order valence-electron chi connectivity index (χ2n) is 7.20. The van der Waals surface area contributed by atoms with E-state index >= 15 is 0 Å². The average Bonchev–Trinajstić information content (AvgIpc) is 3.09. The van der Waals surface area contributed by atoms with Crippen molar-refractivity contribution in [2.24, 2.45) is 0 Å². The van der Waals surface area contributed by atoms with E-state index in [1.54, 1.807) is 0 Å². The molecule has 0 unspecified atom stereocenters. The quantitative estimate of drug-likeness (QED) is 0.869. The number of hydrogen-bond acceptors (Lipinski definition) is 3. The Bertz CT molecular complexity index is 759. The molecule has 1 aliphatic carbocycles. The molecule has 0 saturated carbocycles. The van der Waals surface area contributed by atoms with Crippen molar-refractivity contribution in [3.05, 3.63) is 70.2 Å². The zero-order valence-electron chi connectivity index (χ0n) is 14.8. The second kappa shape index (κ2) is 7.39. The van der Waals surface area contributed by atoms with E-state index in [0.29, 0.717) is 11.6 Å². The Kier molecular flexibility index (Phi) is 4.98. The van der Waals surface area contributed by atoms with Crippen LogP contribution in [0.15, 0.2) is 48.5 Å². The lowest BCUT2D eigenvalue weighted by Crippen LogP contribution is -2.63.